The maximum atomic E-state index is 12.8. The normalized spacial score (nSPS) is 13.2. The van der Waals surface area contributed by atoms with E-state index in [1.807, 2.05) is 0 Å². The predicted octanol–water partition coefficient (Wildman–Crippen LogP) is 18.6. The van der Waals surface area contributed by atoms with E-state index in [1.54, 1.807) is 0 Å². The molecule has 0 radical (unpaired) electrons. The van der Waals surface area contributed by atoms with E-state index < -0.39 is 6.10 Å². The molecule has 0 spiro atoms. The molecule has 0 bridgehead atoms. The molecule has 0 aliphatic rings. The molecule has 1 atom stereocenters. The first kappa shape index (κ1) is 62.3. The van der Waals surface area contributed by atoms with E-state index in [0.717, 1.165) is 141 Å². The summed E-state index contributed by atoms with van der Waals surface area (Å²) in [6.07, 6.45) is 77.8. The molecular formula is C61H100O5. The maximum absolute atomic E-state index is 12.8. The zero-order chi connectivity index (χ0) is 47.7. The molecule has 0 aromatic carbocycles. The van der Waals surface area contributed by atoms with E-state index in [1.165, 1.54) is 51.4 Å². The van der Waals surface area contributed by atoms with Gasteiger partial charge in [0.25, 0.3) is 0 Å². The van der Waals surface area contributed by atoms with Crippen LogP contribution in [0, 0.1) is 0 Å². The van der Waals surface area contributed by atoms with E-state index in [4.69, 9.17) is 14.2 Å². The van der Waals surface area contributed by atoms with Crippen molar-refractivity contribution < 1.29 is 23.8 Å². The van der Waals surface area contributed by atoms with Crippen molar-refractivity contribution in [3.63, 3.8) is 0 Å². The van der Waals surface area contributed by atoms with E-state index in [0.29, 0.717) is 19.4 Å². The van der Waals surface area contributed by atoms with Crippen LogP contribution in [0.5, 0.6) is 0 Å². The molecule has 0 rings (SSSR count). The number of esters is 2. The Balaban J connectivity index is 4.39. The summed E-state index contributed by atoms with van der Waals surface area (Å²) < 4.78 is 17.4. The first-order valence-electron chi connectivity index (χ1n) is 27.1. The molecular weight excluding hydrogens is 813 g/mol. The second-order valence-electron chi connectivity index (χ2n) is 17.3. The fourth-order valence-corrected chi connectivity index (χ4v) is 7.06. The number of carbonyl (C=O) groups is 2. The van der Waals surface area contributed by atoms with E-state index >= 15 is 0 Å². The van der Waals surface area contributed by atoms with Crippen molar-refractivity contribution in [3.05, 3.63) is 122 Å². The molecule has 0 heterocycles. The Bertz CT molecular complexity index is 1350. The molecule has 0 N–H and O–H groups in total. The molecule has 5 nitrogen and oxygen atoms in total. The minimum atomic E-state index is -0.568. The van der Waals surface area contributed by atoms with Crippen molar-refractivity contribution in [1.82, 2.24) is 0 Å². The van der Waals surface area contributed by atoms with Crippen LogP contribution in [0.25, 0.3) is 0 Å². The molecule has 0 saturated heterocycles. The fraction of sp³-hybridized carbons (Fsp3) is 0.639. The van der Waals surface area contributed by atoms with Crippen LogP contribution in [-0.2, 0) is 23.8 Å². The van der Waals surface area contributed by atoms with Crippen LogP contribution in [-0.4, -0.2) is 37.9 Å². The van der Waals surface area contributed by atoms with E-state index in [2.05, 4.69) is 142 Å². The number of allylic oxidation sites excluding steroid dienone is 20. The van der Waals surface area contributed by atoms with Crippen LogP contribution in [0.2, 0.25) is 0 Å². The Morgan fingerprint density at radius 2 is 0.636 bits per heavy atom. The van der Waals surface area contributed by atoms with Gasteiger partial charge in [0.05, 0.1) is 6.61 Å². The van der Waals surface area contributed by atoms with Gasteiger partial charge in [-0.3, -0.25) is 9.59 Å². The van der Waals surface area contributed by atoms with E-state index in [9.17, 15) is 9.59 Å². The average molecular weight is 913 g/mol. The lowest BCUT2D eigenvalue weighted by molar-refractivity contribution is -0.163. The first-order valence-corrected chi connectivity index (χ1v) is 27.1. The van der Waals surface area contributed by atoms with Gasteiger partial charge < -0.3 is 14.2 Å². The van der Waals surface area contributed by atoms with Gasteiger partial charge in [0.1, 0.15) is 6.61 Å². The summed E-state index contributed by atoms with van der Waals surface area (Å²) in [5.41, 5.74) is 0. The molecule has 0 aromatic heterocycles. The van der Waals surface area contributed by atoms with Crippen molar-refractivity contribution in [2.45, 2.75) is 232 Å². The Kier molecular flexibility index (Phi) is 52.5. The third-order valence-corrected chi connectivity index (χ3v) is 11.0. The topological polar surface area (TPSA) is 61.8 Å². The standard InChI is InChI=1S/C61H100O5/c1-4-7-10-13-16-19-22-25-28-31-33-36-39-42-45-48-51-54-60(62)65-58-59(57-64-56-53-50-47-44-41-38-35-30-27-24-21-18-15-12-9-6-3)66-61(63)55-52-49-46-43-40-37-34-32-29-26-23-20-17-14-11-8-5-2/h7-12,16-21,25-30,33,36,59H,4-6,13-15,22-24,31-32,34-35,37-58H2,1-3H3/b10-7-,11-8-,12-9-,19-16-,20-17-,21-18-,28-25-,29-26-,30-27-,36-33-. The molecule has 0 aromatic rings. The summed E-state index contributed by atoms with van der Waals surface area (Å²) in [6, 6.07) is 0. The lowest BCUT2D eigenvalue weighted by atomic mass is 10.1. The monoisotopic (exact) mass is 913 g/mol. The molecule has 0 fully saturated rings. The number of unbranched alkanes of at least 4 members (excludes halogenated alkanes) is 17. The van der Waals surface area contributed by atoms with Gasteiger partial charge in [-0.15, -0.1) is 0 Å². The molecule has 66 heavy (non-hydrogen) atoms. The third-order valence-electron chi connectivity index (χ3n) is 11.0. The zero-order valence-corrected chi connectivity index (χ0v) is 42.9. The third kappa shape index (κ3) is 52.9. The molecule has 1 unspecified atom stereocenters. The van der Waals surface area contributed by atoms with Gasteiger partial charge >= 0.3 is 11.9 Å². The molecule has 374 valence electrons. The summed E-state index contributed by atoms with van der Waals surface area (Å²) in [6.45, 7) is 7.42. The van der Waals surface area contributed by atoms with Crippen molar-refractivity contribution in [2.75, 3.05) is 19.8 Å². The van der Waals surface area contributed by atoms with Gasteiger partial charge in [-0.25, -0.2) is 0 Å². The van der Waals surface area contributed by atoms with Gasteiger partial charge in [-0.05, 0) is 122 Å². The second kappa shape index (κ2) is 55.6. The molecule has 0 saturated carbocycles. The van der Waals surface area contributed by atoms with Crippen LogP contribution < -0.4 is 0 Å². The highest BCUT2D eigenvalue weighted by Gasteiger charge is 2.17. The second-order valence-corrected chi connectivity index (χ2v) is 17.3. The smallest absolute Gasteiger partial charge is 0.306 e. The Labute approximate surface area is 407 Å². The largest absolute Gasteiger partial charge is 0.462 e. The van der Waals surface area contributed by atoms with E-state index in [-0.39, 0.29) is 25.2 Å². The van der Waals surface area contributed by atoms with Crippen LogP contribution in [0.3, 0.4) is 0 Å². The number of rotatable bonds is 48. The van der Waals surface area contributed by atoms with Crippen LogP contribution in [0.4, 0.5) is 0 Å². The predicted molar refractivity (Wildman–Crippen MR) is 288 cm³/mol. The minimum absolute atomic E-state index is 0.0555. The van der Waals surface area contributed by atoms with Crippen LogP contribution >= 0.6 is 0 Å². The summed E-state index contributed by atoms with van der Waals surface area (Å²) in [4.78, 5) is 25.5. The first-order chi connectivity index (χ1) is 32.6. The van der Waals surface area contributed by atoms with Crippen LogP contribution in [0.15, 0.2) is 122 Å². The number of ether oxygens (including phenoxy) is 3. The summed E-state index contributed by atoms with van der Waals surface area (Å²) in [5.74, 6) is -0.449. The highest BCUT2D eigenvalue weighted by molar-refractivity contribution is 5.70. The molecule has 0 aliphatic carbocycles. The van der Waals surface area contributed by atoms with Crippen molar-refractivity contribution in [3.8, 4) is 0 Å². The van der Waals surface area contributed by atoms with Gasteiger partial charge in [0.2, 0.25) is 0 Å². The fourth-order valence-electron chi connectivity index (χ4n) is 7.06. The van der Waals surface area contributed by atoms with Crippen LogP contribution in [0.1, 0.15) is 226 Å². The minimum Gasteiger partial charge on any atom is -0.462 e. The number of hydrogen-bond acceptors (Lipinski definition) is 5. The van der Waals surface area contributed by atoms with Crippen molar-refractivity contribution in [1.29, 1.82) is 0 Å². The molecule has 0 amide bonds. The van der Waals surface area contributed by atoms with Gasteiger partial charge in [0.15, 0.2) is 6.10 Å². The molecule has 5 heteroatoms. The lowest BCUT2D eigenvalue weighted by Gasteiger charge is -2.18. The van der Waals surface area contributed by atoms with Gasteiger partial charge in [-0.1, -0.05) is 213 Å². The van der Waals surface area contributed by atoms with Gasteiger partial charge in [0, 0.05) is 19.4 Å². The number of carbonyl (C=O) groups excluding carboxylic acids is 2. The quantitative estimate of drug-likeness (QED) is 0.0346. The average Bonchev–Trinajstić information content (AvgIpc) is 3.32. The maximum Gasteiger partial charge on any atom is 0.306 e. The van der Waals surface area contributed by atoms with Crippen molar-refractivity contribution >= 4 is 11.9 Å². The SMILES string of the molecule is CC/C=C\C/C=C\C/C=C\C/C=C\CCCCCCC(=O)OCC(COCCCCCCCC/C=C\C/C=C\C/C=C\CC)OC(=O)CCCCCCCCC/C=C\C/C=C\C/C=C\CC. The Hall–Kier alpha value is -3.70. The Morgan fingerprint density at radius 3 is 1.02 bits per heavy atom. The highest BCUT2D eigenvalue weighted by Crippen LogP contribution is 2.13. The number of hydrogen-bond donors (Lipinski definition) is 0. The summed E-state index contributed by atoms with van der Waals surface area (Å²) >= 11 is 0. The Morgan fingerprint density at radius 1 is 0.333 bits per heavy atom. The van der Waals surface area contributed by atoms with Gasteiger partial charge in [-0.2, -0.15) is 0 Å². The van der Waals surface area contributed by atoms with Crippen molar-refractivity contribution in [2.24, 2.45) is 0 Å². The summed E-state index contributed by atoms with van der Waals surface area (Å²) in [5, 5.41) is 0. The molecule has 0 aliphatic heterocycles. The lowest BCUT2D eigenvalue weighted by Crippen LogP contribution is -2.30. The highest BCUT2D eigenvalue weighted by atomic mass is 16.6. The zero-order valence-electron chi connectivity index (χ0n) is 42.9. The summed E-state index contributed by atoms with van der Waals surface area (Å²) in [7, 11) is 0.